The number of nitrogens with two attached hydrogens (primary N) is 1. The highest BCUT2D eigenvalue weighted by Crippen LogP contribution is 2.23. The van der Waals surface area contributed by atoms with Crippen molar-refractivity contribution >= 4 is 15.9 Å². The maximum absolute atomic E-state index is 13.7. The summed E-state index contributed by atoms with van der Waals surface area (Å²) in [6, 6.07) is 2.12. The molecule has 1 aromatic carbocycles. The number of hydrogen-bond acceptors (Lipinski definition) is 2. The molecule has 0 bridgehead atoms. The van der Waals surface area contributed by atoms with E-state index in [1.165, 1.54) is 12.1 Å². The maximum atomic E-state index is 13.7. The molecule has 2 nitrogen and oxygen atoms in total. The molecule has 96 valence electrons. The van der Waals surface area contributed by atoms with Crippen molar-refractivity contribution in [3.8, 4) is 0 Å². The maximum Gasteiger partial charge on any atom is 0.143 e. The first-order valence-electron chi connectivity index (χ1n) is 5.46. The van der Waals surface area contributed by atoms with Gasteiger partial charge in [-0.3, -0.25) is 0 Å². The van der Waals surface area contributed by atoms with Crippen LogP contribution in [0, 0.1) is 11.6 Å². The van der Waals surface area contributed by atoms with Gasteiger partial charge in [0, 0.05) is 18.2 Å². The van der Waals surface area contributed by atoms with Gasteiger partial charge in [-0.1, -0.05) is 0 Å². The third-order valence-electron chi connectivity index (χ3n) is 2.61. The minimum absolute atomic E-state index is 0.00146. The van der Waals surface area contributed by atoms with E-state index in [1.54, 1.807) is 6.92 Å². The predicted molar refractivity (Wildman–Crippen MR) is 66.8 cm³/mol. The van der Waals surface area contributed by atoms with Crippen molar-refractivity contribution in [3.05, 3.63) is 33.8 Å². The number of hydrogen-bond donors (Lipinski definition) is 1. The molecule has 0 amide bonds. The Morgan fingerprint density at radius 3 is 2.65 bits per heavy atom. The Labute approximate surface area is 108 Å². The lowest BCUT2D eigenvalue weighted by molar-refractivity contribution is 0.0573. The highest BCUT2D eigenvalue weighted by molar-refractivity contribution is 9.10. The van der Waals surface area contributed by atoms with Crippen LogP contribution in [0.3, 0.4) is 0 Å². The second-order valence-corrected chi connectivity index (χ2v) is 4.70. The summed E-state index contributed by atoms with van der Waals surface area (Å²) in [7, 11) is 0. The van der Waals surface area contributed by atoms with E-state index in [2.05, 4.69) is 15.9 Å². The van der Waals surface area contributed by atoms with Gasteiger partial charge in [-0.2, -0.15) is 0 Å². The van der Waals surface area contributed by atoms with E-state index in [-0.39, 0.29) is 22.6 Å². The average molecular weight is 308 g/mol. The Kier molecular flexibility index (Phi) is 5.49. The molecular weight excluding hydrogens is 292 g/mol. The highest BCUT2D eigenvalue weighted by atomic mass is 79.9. The molecule has 0 heterocycles. The van der Waals surface area contributed by atoms with E-state index in [9.17, 15) is 8.78 Å². The first kappa shape index (κ1) is 14.5. The SMILES string of the molecule is CCOC(C)C(N)Cc1c(F)ccc(Br)c1F. The van der Waals surface area contributed by atoms with Crippen LogP contribution in [-0.2, 0) is 11.2 Å². The van der Waals surface area contributed by atoms with Crippen molar-refractivity contribution < 1.29 is 13.5 Å². The second-order valence-electron chi connectivity index (χ2n) is 3.85. The summed E-state index contributed by atoms with van der Waals surface area (Å²) >= 11 is 3.02. The van der Waals surface area contributed by atoms with E-state index < -0.39 is 17.7 Å². The van der Waals surface area contributed by atoms with Crippen LogP contribution in [0.25, 0.3) is 0 Å². The largest absolute Gasteiger partial charge is 0.377 e. The molecule has 0 aliphatic heterocycles. The normalized spacial score (nSPS) is 14.7. The molecule has 2 unspecified atom stereocenters. The lowest BCUT2D eigenvalue weighted by Gasteiger charge is -2.20. The molecule has 1 rings (SSSR count). The van der Waals surface area contributed by atoms with Gasteiger partial charge in [-0.25, -0.2) is 8.78 Å². The van der Waals surface area contributed by atoms with Gasteiger partial charge in [0.1, 0.15) is 11.6 Å². The molecule has 0 saturated carbocycles. The molecule has 5 heteroatoms. The summed E-state index contributed by atoms with van der Waals surface area (Å²) in [5.41, 5.74) is 5.85. The summed E-state index contributed by atoms with van der Waals surface area (Å²) in [6.45, 7) is 4.17. The molecule has 2 atom stereocenters. The number of halogens is 3. The van der Waals surface area contributed by atoms with E-state index >= 15 is 0 Å². The van der Waals surface area contributed by atoms with Crippen LogP contribution in [0.5, 0.6) is 0 Å². The second kappa shape index (κ2) is 6.42. The Morgan fingerprint density at radius 2 is 2.06 bits per heavy atom. The Hall–Kier alpha value is -0.520. The zero-order valence-corrected chi connectivity index (χ0v) is 11.4. The first-order valence-corrected chi connectivity index (χ1v) is 6.26. The van der Waals surface area contributed by atoms with Gasteiger partial charge in [0.05, 0.1) is 10.6 Å². The van der Waals surface area contributed by atoms with E-state index in [0.29, 0.717) is 6.61 Å². The van der Waals surface area contributed by atoms with Crippen molar-refractivity contribution in [3.63, 3.8) is 0 Å². The van der Waals surface area contributed by atoms with Gasteiger partial charge in [0.2, 0.25) is 0 Å². The van der Waals surface area contributed by atoms with Crippen LogP contribution in [-0.4, -0.2) is 18.8 Å². The van der Waals surface area contributed by atoms with E-state index in [0.717, 1.165) is 0 Å². The topological polar surface area (TPSA) is 35.2 Å². The fraction of sp³-hybridized carbons (Fsp3) is 0.500. The fourth-order valence-electron chi connectivity index (χ4n) is 1.54. The van der Waals surface area contributed by atoms with Crippen molar-refractivity contribution in [2.75, 3.05) is 6.61 Å². The standard InChI is InChI=1S/C12H16BrF2NO/c1-3-17-7(2)11(16)6-8-10(14)5-4-9(13)12(8)15/h4-5,7,11H,3,6,16H2,1-2H3. The summed E-state index contributed by atoms with van der Waals surface area (Å²) in [4.78, 5) is 0. The van der Waals surface area contributed by atoms with Crippen molar-refractivity contribution in [2.45, 2.75) is 32.4 Å². The van der Waals surface area contributed by atoms with E-state index in [4.69, 9.17) is 10.5 Å². The summed E-state index contributed by atoms with van der Waals surface area (Å²) in [5, 5.41) is 0. The van der Waals surface area contributed by atoms with Crippen LogP contribution < -0.4 is 5.73 Å². The third-order valence-corrected chi connectivity index (χ3v) is 3.22. The van der Waals surface area contributed by atoms with Crippen molar-refractivity contribution in [1.29, 1.82) is 0 Å². The lowest BCUT2D eigenvalue weighted by atomic mass is 10.0. The molecule has 0 spiro atoms. The van der Waals surface area contributed by atoms with E-state index in [1.807, 2.05) is 6.92 Å². The molecule has 0 aliphatic rings. The Balaban J connectivity index is 2.84. The molecule has 0 fully saturated rings. The van der Waals surface area contributed by atoms with Crippen LogP contribution in [0.15, 0.2) is 16.6 Å². The van der Waals surface area contributed by atoms with Gasteiger partial charge in [0.15, 0.2) is 0 Å². The number of benzene rings is 1. The molecule has 0 aliphatic carbocycles. The lowest BCUT2D eigenvalue weighted by Crippen LogP contribution is -2.37. The van der Waals surface area contributed by atoms with Crippen molar-refractivity contribution in [1.82, 2.24) is 0 Å². The number of rotatable bonds is 5. The van der Waals surface area contributed by atoms with Gasteiger partial charge >= 0.3 is 0 Å². The number of ether oxygens (including phenoxy) is 1. The van der Waals surface area contributed by atoms with Gasteiger partial charge in [-0.05, 0) is 48.3 Å². The zero-order chi connectivity index (χ0) is 13.0. The van der Waals surface area contributed by atoms with Crippen molar-refractivity contribution in [2.24, 2.45) is 5.73 Å². The molecular formula is C12H16BrF2NO. The molecule has 17 heavy (non-hydrogen) atoms. The fourth-order valence-corrected chi connectivity index (χ4v) is 1.92. The molecule has 0 aromatic heterocycles. The summed E-state index contributed by atoms with van der Waals surface area (Å²) in [6.07, 6.45) is -0.129. The van der Waals surface area contributed by atoms with Crippen LogP contribution >= 0.6 is 15.9 Å². The summed E-state index contributed by atoms with van der Waals surface area (Å²) in [5.74, 6) is -1.17. The third kappa shape index (κ3) is 3.72. The smallest absolute Gasteiger partial charge is 0.143 e. The molecule has 0 saturated heterocycles. The molecule has 0 radical (unpaired) electrons. The van der Waals surface area contributed by atoms with Crippen LogP contribution in [0.1, 0.15) is 19.4 Å². The average Bonchev–Trinajstić information content (AvgIpc) is 2.29. The zero-order valence-electron chi connectivity index (χ0n) is 9.84. The minimum Gasteiger partial charge on any atom is -0.377 e. The van der Waals surface area contributed by atoms with Crippen LogP contribution in [0.4, 0.5) is 8.78 Å². The molecule has 2 N–H and O–H groups in total. The predicted octanol–water partition coefficient (Wildman–Crippen LogP) is 3.02. The Bertz CT molecular complexity index is 387. The quantitative estimate of drug-likeness (QED) is 0.849. The summed E-state index contributed by atoms with van der Waals surface area (Å²) < 4.78 is 32.7. The minimum atomic E-state index is -0.593. The van der Waals surface area contributed by atoms with Gasteiger partial charge in [-0.15, -0.1) is 0 Å². The van der Waals surface area contributed by atoms with Crippen LogP contribution in [0.2, 0.25) is 0 Å². The van der Waals surface area contributed by atoms with Gasteiger partial charge in [0.25, 0.3) is 0 Å². The highest BCUT2D eigenvalue weighted by Gasteiger charge is 2.19. The first-order chi connectivity index (χ1) is 7.97. The molecule has 1 aromatic rings. The monoisotopic (exact) mass is 307 g/mol. The Morgan fingerprint density at radius 1 is 1.41 bits per heavy atom. The van der Waals surface area contributed by atoms with Gasteiger partial charge < -0.3 is 10.5 Å².